The normalized spacial score (nSPS) is 13.0. The van der Waals surface area contributed by atoms with Crippen LogP contribution < -0.4 is 0 Å². The average molecular weight is 767 g/mol. The predicted octanol–water partition coefficient (Wildman–Crippen LogP) is 14.2. The maximum absolute atomic E-state index is 5.51. The fraction of sp³-hybridized carbons (Fsp3) is 0.0536. The van der Waals surface area contributed by atoms with E-state index in [1.54, 1.807) is 0 Å². The highest BCUT2D eigenvalue weighted by molar-refractivity contribution is 6.20. The number of fused-ring (bicyclic) bond motifs is 9. The second-order valence-corrected chi connectivity index (χ2v) is 16.4. The minimum atomic E-state index is -0.120. The van der Waals surface area contributed by atoms with E-state index in [1.807, 2.05) is 18.2 Å². The third-order valence-corrected chi connectivity index (χ3v) is 12.6. The summed E-state index contributed by atoms with van der Waals surface area (Å²) < 4.78 is 2.38. The van der Waals surface area contributed by atoms with E-state index in [-0.39, 0.29) is 5.41 Å². The van der Waals surface area contributed by atoms with Crippen molar-refractivity contribution in [3.63, 3.8) is 0 Å². The zero-order valence-electron chi connectivity index (χ0n) is 33.3. The van der Waals surface area contributed by atoms with Crippen LogP contribution in [-0.2, 0) is 5.41 Å². The number of benzene rings is 8. The molecule has 0 aliphatic heterocycles. The lowest BCUT2D eigenvalue weighted by Crippen LogP contribution is -2.14. The first-order valence-corrected chi connectivity index (χ1v) is 20.6. The lowest BCUT2D eigenvalue weighted by atomic mass is 9.82. The number of pyridine rings is 1. The largest absolute Gasteiger partial charge is 0.309 e. The van der Waals surface area contributed by atoms with Gasteiger partial charge in [0.25, 0.3) is 0 Å². The molecular weight excluding hydrogens is 729 g/mol. The van der Waals surface area contributed by atoms with E-state index in [4.69, 9.17) is 15.0 Å². The molecule has 4 heteroatoms. The number of rotatable bonds is 5. The highest BCUT2D eigenvalue weighted by Gasteiger charge is 2.35. The topological polar surface area (TPSA) is 43.6 Å². The summed E-state index contributed by atoms with van der Waals surface area (Å²) in [6.45, 7) is 4.65. The second kappa shape index (κ2) is 13.2. The quantitative estimate of drug-likeness (QED) is 0.164. The fourth-order valence-corrected chi connectivity index (χ4v) is 9.62. The molecular formula is C56H38N4. The monoisotopic (exact) mass is 766 g/mol. The molecule has 0 amide bonds. The Bertz CT molecular complexity index is 3490. The Morgan fingerprint density at radius 3 is 1.80 bits per heavy atom. The van der Waals surface area contributed by atoms with Crippen LogP contribution >= 0.6 is 0 Å². The smallest absolute Gasteiger partial charge is 0.160 e. The van der Waals surface area contributed by atoms with Crippen LogP contribution in [0.25, 0.3) is 105 Å². The standard InChI is InChI=1S/C56H38N4/c1-56(2)47-24-14-12-22-40(47)41-28-26-37(30-48(41)56)49-34-50(59-55(58-49)36-18-8-4-9-19-36)38-27-29-42-44-32-45-43-23-13-15-25-52(43)60(39-20-10-5-11-21-39)53(45)33-46(44)54(57-51(42)31-38)35-16-6-3-7-17-35/h3-34H,1-2H3. The lowest BCUT2D eigenvalue weighted by molar-refractivity contribution is 0.660. The lowest BCUT2D eigenvalue weighted by Gasteiger charge is -2.22. The third-order valence-electron chi connectivity index (χ3n) is 12.6. The van der Waals surface area contributed by atoms with Crippen LogP contribution in [0.2, 0.25) is 0 Å². The van der Waals surface area contributed by atoms with E-state index in [2.05, 4.69) is 194 Å². The van der Waals surface area contributed by atoms with Crippen LogP contribution in [-0.4, -0.2) is 19.5 Å². The molecule has 12 rings (SSSR count). The predicted molar refractivity (Wildman–Crippen MR) is 248 cm³/mol. The highest BCUT2D eigenvalue weighted by Crippen LogP contribution is 2.49. The Morgan fingerprint density at radius 1 is 0.383 bits per heavy atom. The molecule has 8 aromatic carbocycles. The third kappa shape index (κ3) is 5.27. The zero-order chi connectivity index (χ0) is 40.0. The van der Waals surface area contributed by atoms with Crippen LogP contribution in [0.5, 0.6) is 0 Å². The number of nitrogens with zero attached hydrogens (tertiary/aromatic N) is 4. The van der Waals surface area contributed by atoms with E-state index in [1.165, 1.54) is 43.9 Å². The molecule has 0 atom stereocenters. The minimum absolute atomic E-state index is 0.120. The van der Waals surface area contributed by atoms with Gasteiger partial charge in [-0.05, 0) is 76.2 Å². The molecule has 0 radical (unpaired) electrons. The van der Waals surface area contributed by atoms with Crippen LogP contribution in [0.1, 0.15) is 25.0 Å². The van der Waals surface area contributed by atoms with Crippen molar-refractivity contribution in [3.8, 4) is 62.0 Å². The van der Waals surface area contributed by atoms with Crippen molar-refractivity contribution in [2.75, 3.05) is 0 Å². The molecule has 0 unspecified atom stereocenters. The van der Waals surface area contributed by atoms with Gasteiger partial charge < -0.3 is 4.57 Å². The summed E-state index contributed by atoms with van der Waals surface area (Å²) in [5.74, 6) is 0.694. The number of hydrogen-bond acceptors (Lipinski definition) is 3. The van der Waals surface area contributed by atoms with Crippen molar-refractivity contribution in [2.45, 2.75) is 19.3 Å². The highest BCUT2D eigenvalue weighted by atomic mass is 15.0. The summed E-state index contributed by atoms with van der Waals surface area (Å²) in [6, 6.07) is 69.3. The van der Waals surface area contributed by atoms with E-state index in [0.29, 0.717) is 5.82 Å². The van der Waals surface area contributed by atoms with Gasteiger partial charge in [0, 0.05) is 54.9 Å². The first-order chi connectivity index (χ1) is 29.5. The Labute approximate surface area is 348 Å². The molecule has 60 heavy (non-hydrogen) atoms. The van der Waals surface area contributed by atoms with Crippen molar-refractivity contribution in [2.24, 2.45) is 0 Å². The molecule has 0 N–H and O–H groups in total. The molecule has 4 nitrogen and oxygen atoms in total. The van der Waals surface area contributed by atoms with E-state index < -0.39 is 0 Å². The molecule has 11 aromatic rings. The van der Waals surface area contributed by atoms with E-state index >= 15 is 0 Å². The summed E-state index contributed by atoms with van der Waals surface area (Å²) in [6.07, 6.45) is 0. The van der Waals surface area contributed by atoms with Crippen LogP contribution in [0.4, 0.5) is 0 Å². The Hall–Kier alpha value is -7.69. The van der Waals surface area contributed by atoms with Crippen LogP contribution in [0, 0.1) is 0 Å². The van der Waals surface area contributed by atoms with Gasteiger partial charge in [0.2, 0.25) is 0 Å². The van der Waals surface area contributed by atoms with Gasteiger partial charge in [-0.1, -0.05) is 159 Å². The average Bonchev–Trinajstić information content (AvgIpc) is 3.75. The molecule has 1 aliphatic carbocycles. The van der Waals surface area contributed by atoms with Crippen molar-refractivity contribution >= 4 is 43.5 Å². The molecule has 0 bridgehead atoms. The maximum atomic E-state index is 5.51. The minimum Gasteiger partial charge on any atom is -0.309 e. The van der Waals surface area contributed by atoms with Crippen LogP contribution in [0.15, 0.2) is 194 Å². The second-order valence-electron chi connectivity index (χ2n) is 16.4. The fourth-order valence-electron chi connectivity index (χ4n) is 9.62. The van der Waals surface area contributed by atoms with Gasteiger partial charge in [-0.15, -0.1) is 0 Å². The molecule has 0 saturated heterocycles. The van der Waals surface area contributed by atoms with Crippen molar-refractivity contribution in [1.29, 1.82) is 0 Å². The molecule has 3 heterocycles. The summed E-state index contributed by atoms with van der Waals surface area (Å²) in [7, 11) is 0. The van der Waals surface area contributed by atoms with Crippen molar-refractivity contribution < 1.29 is 0 Å². The van der Waals surface area contributed by atoms with Crippen molar-refractivity contribution in [1.82, 2.24) is 19.5 Å². The van der Waals surface area contributed by atoms with Crippen molar-refractivity contribution in [3.05, 3.63) is 205 Å². The zero-order valence-corrected chi connectivity index (χ0v) is 33.3. The van der Waals surface area contributed by atoms with Gasteiger partial charge in [0.05, 0.1) is 33.6 Å². The van der Waals surface area contributed by atoms with Gasteiger partial charge in [-0.25, -0.2) is 15.0 Å². The molecule has 0 spiro atoms. The van der Waals surface area contributed by atoms with Gasteiger partial charge >= 0.3 is 0 Å². The summed E-state index contributed by atoms with van der Waals surface area (Å²) >= 11 is 0. The van der Waals surface area contributed by atoms with Gasteiger partial charge in [0.1, 0.15) is 0 Å². The first-order valence-electron chi connectivity index (χ1n) is 20.6. The Kier molecular flexibility index (Phi) is 7.54. The molecule has 0 fully saturated rings. The number of aromatic nitrogens is 4. The van der Waals surface area contributed by atoms with E-state index in [0.717, 1.165) is 66.8 Å². The molecule has 3 aromatic heterocycles. The molecule has 282 valence electrons. The number of para-hydroxylation sites is 2. The molecule has 1 aliphatic rings. The Morgan fingerprint density at radius 2 is 1.02 bits per heavy atom. The first kappa shape index (κ1) is 34.4. The summed E-state index contributed by atoms with van der Waals surface area (Å²) in [5, 5.41) is 5.83. The number of hydrogen-bond donors (Lipinski definition) is 0. The summed E-state index contributed by atoms with van der Waals surface area (Å²) in [4.78, 5) is 16.0. The maximum Gasteiger partial charge on any atom is 0.160 e. The van der Waals surface area contributed by atoms with Gasteiger partial charge in [0.15, 0.2) is 5.82 Å². The van der Waals surface area contributed by atoms with Gasteiger partial charge in [-0.3, -0.25) is 0 Å². The Balaban J connectivity index is 1.08. The SMILES string of the molecule is CC1(C)c2ccccc2-c2ccc(-c3cc(-c4ccc5c(c4)nc(-c4ccccc4)c4cc6c(cc45)c4ccccc4n6-c4ccccc4)nc(-c4ccccc4)n3)cc21. The van der Waals surface area contributed by atoms with Gasteiger partial charge in [-0.2, -0.15) is 0 Å². The summed E-state index contributed by atoms with van der Waals surface area (Å²) in [5.41, 5.74) is 16.4. The van der Waals surface area contributed by atoms with E-state index in [9.17, 15) is 0 Å². The van der Waals surface area contributed by atoms with Crippen LogP contribution in [0.3, 0.4) is 0 Å². The molecule has 0 saturated carbocycles.